The lowest BCUT2D eigenvalue weighted by Gasteiger charge is -2.05. The maximum absolute atomic E-state index is 5.23. The summed E-state index contributed by atoms with van der Waals surface area (Å²) in [6.07, 6.45) is 1.68. The Kier molecular flexibility index (Phi) is 5.60. The Morgan fingerprint density at radius 1 is 1.18 bits per heavy atom. The minimum absolute atomic E-state index is 0. The Hall–Kier alpha value is -1.45. The molecule has 0 aliphatic carbocycles. The van der Waals surface area contributed by atoms with Crippen molar-refractivity contribution < 1.29 is 21.6 Å². The van der Waals surface area contributed by atoms with Crippen LogP contribution in [0.2, 0.25) is 0 Å². The van der Waals surface area contributed by atoms with Crippen LogP contribution in [0.25, 0.3) is 0 Å². The van der Waals surface area contributed by atoms with Crippen molar-refractivity contribution in [2.45, 2.75) is 13.1 Å². The minimum atomic E-state index is 0. The molecule has 0 radical (unpaired) electrons. The van der Waals surface area contributed by atoms with Crippen LogP contribution in [0.5, 0.6) is 5.75 Å². The molecule has 92 valence electrons. The van der Waals surface area contributed by atoms with Gasteiger partial charge in [0.15, 0.2) is 0 Å². The molecule has 0 atom stereocenters. The number of halogens is 1. The van der Waals surface area contributed by atoms with Crippen LogP contribution in [0.1, 0.15) is 11.3 Å². The number of hydrogen-bond donors (Lipinski definition) is 1. The molecule has 3 nitrogen and oxygen atoms in total. The van der Waals surface area contributed by atoms with Gasteiger partial charge in [0.25, 0.3) is 0 Å². The lowest BCUT2D eigenvalue weighted by atomic mass is 10.2. The highest BCUT2D eigenvalue weighted by atomic mass is 35.5. The molecule has 0 bridgehead atoms. The number of nitrogens with one attached hydrogen (secondary N) is 1. The molecular formula is C13H15ClNO2-. The first kappa shape index (κ1) is 13.6. The van der Waals surface area contributed by atoms with Gasteiger partial charge in [0.2, 0.25) is 0 Å². The molecule has 0 unspecified atom stereocenters. The second-order valence-corrected chi connectivity index (χ2v) is 3.53. The maximum atomic E-state index is 5.23. The Labute approximate surface area is 107 Å². The molecule has 0 saturated carbocycles. The van der Waals surface area contributed by atoms with Crippen LogP contribution < -0.4 is 22.5 Å². The molecule has 0 spiro atoms. The van der Waals surface area contributed by atoms with Crippen LogP contribution in [0.4, 0.5) is 0 Å². The van der Waals surface area contributed by atoms with E-state index >= 15 is 0 Å². The van der Waals surface area contributed by atoms with Crippen LogP contribution in [-0.2, 0) is 13.1 Å². The number of ether oxygens (including phenoxy) is 1. The first-order valence-electron chi connectivity index (χ1n) is 5.24. The molecule has 2 aromatic rings. The summed E-state index contributed by atoms with van der Waals surface area (Å²) in [5, 5.41) is 3.31. The van der Waals surface area contributed by atoms with Gasteiger partial charge in [-0.25, -0.2) is 0 Å². The maximum Gasteiger partial charge on any atom is 0.119 e. The van der Waals surface area contributed by atoms with E-state index in [-0.39, 0.29) is 12.4 Å². The predicted molar refractivity (Wildman–Crippen MR) is 62.2 cm³/mol. The molecule has 2 rings (SSSR count). The standard InChI is InChI=1S/C13H15NO2.ClH/c1-15-12-5-2-4-11(8-12)9-14-10-13-6-3-7-16-13;/h2-8,14H,9-10H2,1H3;1H/p-1. The third kappa shape index (κ3) is 4.13. The van der Waals surface area contributed by atoms with Gasteiger partial charge in [-0.2, -0.15) is 0 Å². The third-order valence-corrected chi connectivity index (χ3v) is 2.34. The second kappa shape index (κ2) is 6.99. The first-order chi connectivity index (χ1) is 7.88. The Morgan fingerprint density at radius 3 is 2.76 bits per heavy atom. The van der Waals surface area contributed by atoms with E-state index < -0.39 is 0 Å². The lowest BCUT2D eigenvalue weighted by Crippen LogP contribution is -3.00. The van der Waals surface area contributed by atoms with Gasteiger partial charge in [0, 0.05) is 6.54 Å². The summed E-state index contributed by atoms with van der Waals surface area (Å²) in [6.45, 7) is 1.54. The SMILES string of the molecule is COc1cccc(CNCc2ccco2)c1.[Cl-]. The van der Waals surface area contributed by atoms with Gasteiger partial charge in [-0.05, 0) is 29.8 Å². The molecular weight excluding hydrogens is 238 g/mol. The fourth-order valence-corrected chi connectivity index (χ4v) is 1.53. The van der Waals surface area contributed by atoms with Crippen LogP contribution in [0, 0.1) is 0 Å². The smallest absolute Gasteiger partial charge is 0.119 e. The van der Waals surface area contributed by atoms with Gasteiger partial charge in [0.1, 0.15) is 11.5 Å². The molecule has 0 aliphatic rings. The van der Waals surface area contributed by atoms with Gasteiger partial charge in [-0.3, -0.25) is 0 Å². The lowest BCUT2D eigenvalue weighted by molar-refractivity contribution is -0.00000414. The molecule has 1 N–H and O–H groups in total. The zero-order chi connectivity index (χ0) is 11.2. The molecule has 1 heterocycles. The van der Waals surface area contributed by atoms with E-state index in [1.165, 1.54) is 5.56 Å². The molecule has 0 fully saturated rings. The summed E-state index contributed by atoms with van der Waals surface area (Å²) in [6, 6.07) is 11.9. The minimum Gasteiger partial charge on any atom is -1.00 e. The average Bonchev–Trinajstić information content (AvgIpc) is 2.82. The van der Waals surface area contributed by atoms with Crippen LogP contribution in [0.3, 0.4) is 0 Å². The molecule has 0 saturated heterocycles. The summed E-state index contributed by atoms with van der Waals surface area (Å²) in [4.78, 5) is 0. The summed E-state index contributed by atoms with van der Waals surface area (Å²) in [7, 11) is 1.68. The number of furan rings is 1. The van der Waals surface area contributed by atoms with Crippen molar-refractivity contribution in [1.29, 1.82) is 0 Å². The van der Waals surface area contributed by atoms with E-state index in [0.29, 0.717) is 0 Å². The second-order valence-electron chi connectivity index (χ2n) is 3.53. The van der Waals surface area contributed by atoms with E-state index in [1.54, 1.807) is 13.4 Å². The van der Waals surface area contributed by atoms with Gasteiger partial charge in [-0.1, -0.05) is 12.1 Å². The third-order valence-electron chi connectivity index (χ3n) is 2.34. The summed E-state index contributed by atoms with van der Waals surface area (Å²) >= 11 is 0. The van der Waals surface area contributed by atoms with Crippen molar-refractivity contribution in [3.63, 3.8) is 0 Å². The highest BCUT2D eigenvalue weighted by molar-refractivity contribution is 5.28. The normalized spacial score (nSPS) is 9.71. The fourth-order valence-electron chi connectivity index (χ4n) is 1.53. The van der Waals surface area contributed by atoms with Gasteiger partial charge in [0.05, 0.1) is 19.9 Å². The quantitative estimate of drug-likeness (QED) is 0.785. The van der Waals surface area contributed by atoms with Gasteiger partial charge < -0.3 is 26.9 Å². The van der Waals surface area contributed by atoms with Crippen molar-refractivity contribution in [3.05, 3.63) is 54.0 Å². The summed E-state index contributed by atoms with van der Waals surface area (Å²) < 4.78 is 10.4. The van der Waals surface area contributed by atoms with Crippen molar-refractivity contribution in [2.24, 2.45) is 0 Å². The zero-order valence-corrected chi connectivity index (χ0v) is 10.4. The number of hydrogen-bond acceptors (Lipinski definition) is 3. The van der Waals surface area contributed by atoms with Gasteiger partial charge in [-0.15, -0.1) is 0 Å². The fraction of sp³-hybridized carbons (Fsp3) is 0.231. The van der Waals surface area contributed by atoms with E-state index in [1.807, 2.05) is 30.3 Å². The van der Waals surface area contributed by atoms with Crippen molar-refractivity contribution in [1.82, 2.24) is 5.32 Å². The van der Waals surface area contributed by atoms with Crippen molar-refractivity contribution in [3.8, 4) is 5.75 Å². The molecule has 17 heavy (non-hydrogen) atoms. The highest BCUT2D eigenvalue weighted by Crippen LogP contribution is 2.12. The number of rotatable bonds is 5. The van der Waals surface area contributed by atoms with Crippen LogP contribution >= 0.6 is 0 Å². The van der Waals surface area contributed by atoms with E-state index in [2.05, 4.69) is 11.4 Å². The molecule has 4 heteroatoms. The summed E-state index contributed by atoms with van der Waals surface area (Å²) in [5.74, 6) is 1.83. The molecule has 1 aromatic heterocycles. The molecule has 0 amide bonds. The molecule has 0 aliphatic heterocycles. The van der Waals surface area contributed by atoms with Crippen molar-refractivity contribution in [2.75, 3.05) is 7.11 Å². The topological polar surface area (TPSA) is 34.4 Å². The average molecular weight is 253 g/mol. The Bertz CT molecular complexity index is 429. The first-order valence-corrected chi connectivity index (χ1v) is 5.24. The van der Waals surface area contributed by atoms with E-state index in [0.717, 1.165) is 24.6 Å². The highest BCUT2D eigenvalue weighted by Gasteiger charge is 1.97. The van der Waals surface area contributed by atoms with Crippen LogP contribution in [-0.4, -0.2) is 7.11 Å². The summed E-state index contributed by atoms with van der Waals surface area (Å²) in [5.41, 5.74) is 1.20. The Morgan fingerprint density at radius 2 is 2.06 bits per heavy atom. The van der Waals surface area contributed by atoms with Crippen molar-refractivity contribution >= 4 is 0 Å². The van der Waals surface area contributed by atoms with Crippen LogP contribution in [0.15, 0.2) is 47.1 Å². The van der Waals surface area contributed by atoms with E-state index in [9.17, 15) is 0 Å². The predicted octanol–water partition coefficient (Wildman–Crippen LogP) is -0.418. The number of methoxy groups -OCH3 is 1. The number of benzene rings is 1. The Balaban J connectivity index is 0.00000144. The molecule has 1 aromatic carbocycles. The van der Waals surface area contributed by atoms with E-state index in [4.69, 9.17) is 9.15 Å². The van der Waals surface area contributed by atoms with Gasteiger partial charge >= 0.3 is 0 Å². The zero-order valence-electron chi connectivity index (χ0n) is 9.65. The monoisotopic (exact) mass is 252 g/mol. The largest absolute Gasteiger partial charge is 1.00 e.